The summed E-state index contributed by atoms with van der Waals surface area (Å²) < 4.78 is 40.9. The lowest BCUT2D eigenvalue weighted by molar-refractivity contribution is 0.0968. The molecule has 0 aromatic heterocycles. The number of aryl methyl sites for hydroxylation is 1. The second-order valence-electron chi connectivity index (χ2n) is 11.0. The number of carbonyl (C=O) groups is 1. The van der Waals surface area contributed by atoms with Gasteiger partial charge in [-0.15, -0.1) is 0 Å². The molecule has 0 fully saturated rings. The van der Waals surface area contributed by atoms with Crippen LogP contribution in [0.15, 0.2) is 126 Å². The number of nitrogens with zero attached hydrogens (tertiary/aromatic N) is 2. The van der Waals surface area contributed by atoms with Gasteiger partial charge in [0, 0.05) is 17.9 Å². The van der Waals surface area contributed by atoms with Gasteiger partial charge in [0.2, 0.25) is 0 Å². The minimum Gasteiger partial charge on any atom is -0.497 e. The Balaban J connectivity index is 1.51. The molecule has 0 saturated carbocycles. The third kappa shape index (κ3) is 6.27. The van der Waals surface area contributed by atoms with Gasteiger partial charge in [-0.3, -0.25) is 14.4 Å². The monoisotopic (exact) mass is 633 g/mol. The first kappa shape index (κ1) is 30.7. The summed E-state index contributed by atoms with van der Waals surface area (Å²) in [6.07, 6.45) is -0.558. The van der Waals surface area contributed by atoms with Crippen molar-refractivity contribution in [3.05, 3.63) is 144 Å². The van der Waals surface area contributed by atoms with Gasteiger partial charge in [-0.25, -0.2) is 8.42 Å². The summed E-state index contributed by atoms with van der Waals surface area (Å²) in [4.78, 5) is 18.5. The zero-order valence-corrected chi connectivity index (χ0v) is 26.7. The van der Waals surface area contributed by atoms with E-state index in [4.69, 9.17) is 9.47 Å². The van der Waals surface area contributed by atoms with E-state index in [2.05, 4.69) is 9.62 Å². The Morgan fingerprint density at radius 1 is 0.804 bits per heavy atom. The molecule has 1 heterocycles. The van der Waals surface area contributed by atoms with Crippen molar-refractivity contribution in [2.24, 2.45) is 0 Å². The van der Waals surface area contributed by atoms with Gasteiger partial charge < -0.3 is 14.4 Å². The fourth-order valence-corrected chi connectivity index (χ4v) is 6.72. The molecule has 1 amide bonds. The van der Waals surface area contributed by atoms with E-state index in [0.717, 1.165) is 16.7 Å². The molecule has 1 atom stereocenters. The summed E-state index contributed by atoms with van der Waals surface area (Å²) in [6.45, 7) is 4.82. The van der Waals surface area contributed by atoms with Crippen LogP contribution in [0.4, 0.5) is 17.1 Å². The van der Waals surface area contributed by atoms with Gasteiger partial charge in [0.15, 0.2) is 0 Å². The number of benzene rings is 5. The Hall–Kier alpha value is -5.28. The molecule has 0 aliphatic carbocycles. The standard InChI is InChI=1S/C37H35N3O5S/c1-4-45-32-20-16-30(17-21-32)40-36(28-12-18-31(44-3)19-13-28)39(25-27-8-6-5-7-9-27)35-23-22-33(24-34(35)37(40)41)46(42,43)38-29-14-10-26(2)11-15-29/h5-24,36,38H,4,25H2,1-3H3. The van der Waals surface area contributed by atoms with E-state index in [-0.39, 0.29) is 16.4 Å². The maximum absolute atomic E-state index is 14.6. The highest BCUT2D eigenvalue weighted by atomic mass is 32.2. The molecule has 0 radical (unpaired) electrons. The lowest BCUT2D eigenvalue weighted by atomic mass is 9.99. The summed E-state index contributed by atoms with van der Waals surface area (Å²) >= 11 is 0. The Morgan fingerprint density at radius 3 is 2.13 bits per heavy atom. The van der Waals surface area contributed by atoms with Crippen LogP contribution in [0.1, 0.15) is 40.1 Å². The summed E-state index contributed by atoms with van der Waals surface area (Å²) in [7, 11) is -2.38. The fourth-order valence-electron chi connectivity index (χ4n) is 5.64. The average molecular weight is 634 g/mol. The molecule has 1 N–H and O–H groups in total. The third-order valence-electron chi connectivity index (χ3n) is 7.92. The Kier molecular flexibility index (Phi) is 8.68. The molecule has 0 spiro atoms. The van der Waals surface area contributed by atoms with E-state index < -0.39 is 16.2 Å². The van der Waals surface area contributed by atoms with E-state index in [1.807, 2.05) is 105 Å². The van der Waals surface area contributed by atoms with Gasteiger partial charge in [-0.05, 0) is 91.7 Å². The van der Waals surface area contributed by atoms with Crippen LogP contribution in [-0.2, 0) is 16.6 Å². The molecule has 1 unspecified atom stereocenters. The lowest BCUT2D eigenvalue weighted by Gasteiger charge is -2.46. The number of hydrogen-bond acceptors (Lipinski definition) is 6. The van der Waals surface area contributed by atoms with Crippen LogP contribution in [0, 0.1) is 6.92 Å². The second-order valence-corrected chi connectivity index (χ2v) is 12.7. The topological polar surface area (TPSA) is 88.2 Å². The number of ether oxygens (including phenoxy) is 2. The smallest absolute Gasteiger partial charge is 0.262 e. The van der Waals surface area contributed by atoms with Gasteiger partial charge in [0.05, 0.1) is 29.9 Å². The SMILES string of the molecule is CCOc1ccc(N2C(=O)c3cc(S(=O)(=O)Nc4ccc(C)cc4)ccc3N(Cc3ccccc3)C2c2ccc(OC)cc2)cc1. The Bertz CT molecular complexity index is 1930. The summed E-state index contributed by atoms with van der Waals surface area (Å²) in [6, 6.07) is 36.9. The van der Waals surface area contributed by atoms with Crippen molar-refractivity contribution in [3.8, 4) is 11.5 Å². The molecule has 0 saturated heterocycles. The van der Waals surface area contributed by atoms with Crippen molar-refractivity contribution in [1.82, 2.24) is 0 Å². The number of methoxy groups -OCH3 is 1. The molecule has 46 heavy (non-hydrogen) atoms. The van der Waals surface area contributed by atoms with Crippen LogP contribution < -0.4 is 24.0 Å². The minimum atomic E-state index is -4.00. The highest BCUT2D eigenvalue weighted by Gasteiger charge is 2.40. The van der Waals surface area contributed by atoms with Crippen molar-refractivity contribution in [3.63, 3.8) is 0 Å². The van der Waals surface area contributed by atoms with Gasteiger partial charge in [-0.2, -0.15) is 0 Å². The lowest BCUT2D eigenvalue weighted by Crippen LogP contribution is -2.49. The maximum atomic E-state index is 14.6. The van der Waals surface area contributed by atoms with E-state index in [1.54, 1.807) is 36.3 Å². The van der Waals surface area contributed by atoms with Crippen molar-refractivity contribution >= 4 is 33.0 Å². The van der Waals surface area contributed by atoms with Crippen molar-refractivity contribution in [2.45, 2.75) is 31.5 Å². The maximum Gasteiger partial charge on any atom is 0.262 e. The zero-order chi connectivity index (χ0) is 32.3. The predicted octanol–water partition coefficient (Wildman–Crippen LogP) is 7.57. The van der Waals surface area contributed by atoms with Crippen LogP contribution in [0.25, 0.3) is 0 Å². The van der Waals surface area contributed by atoms with Gasteiger partial charge in [-0.1, -0.05) is 60.2 Å². The first-order valence-corrected chi connectivity index (χ1v) is 16.5. The average Bonchev–Trinajstić information content (AvgIpc) is 3.08. The number of sulfonamides is 1. The van der Waals surface area contributed by atoms with Gasteiger partial charge in [0.25, 0.3) is 15.9 Å². The predicted molar refractivity (Wildman–Crippen MR) is 181 cm³/mol. The zero-order valence-electron chi connectivity index (χ0n) is 25.9. The minimum absolute atomic E-state index is 0.00521. The van der Waals surface area contributed by atoms with Crippen molar-refractivity contribution < 1.29 is 22.7 Å². The van der Waals surface area contributed by atoms with Crippen LogP contribution in [0.5, 0.6) is 11.5 Å². The fraction of sp³-hybridized carbons (Fsp3) is 0.162. The molecule has 0 bridgehead atoms. The highest BCUT2D eigenvalue weighted by molar-refractivity contribution is 7.92. The van der Waals surface area contributed by atoms with Gasteiger partial charge in [0.1, 0.15) is 17.7 Å². The Morgan fingerprint density at radius 2 is 1.48 bits per heavy atom. The first-order chi connectivity index (χ1) is 22.3. The van der Waals surface area contributed by atoms with Crippen LogP contribution in [0.3, 0.4) is 0 Å². The molecule has 1 aliphatic rings. The molecule has 234 valence electrons. The van der Waals surface area contributed by atoms with Gasteiger partial charge >= 0.3 is 0 Å². The molecule has 9 heteroatoms. The Labute approximate surface area is 269 Å². The molecule has 8 nitrogen and oxygen atoms in total. The number of rotatable bonds is 10. The molecular formula is C37H35N3O5S. The van der Waals surface area contributed by atoms with Crippen LogP contribution in [0.2, 0.25) is 0 Å². The number of amides is 1. The third-order valence-corrected chi connectivity index (χ3v) is 9.30. The quantitative estimate of drug-likeness (QED) is 0.171. The van der Waals surface area contributed by atoms with Crippen LogP contribution in [-0.4, -0.2) is 28.0 Å². The summed E-state index contributed by atoms with van der Waals surface area (Å²) in [5.41, 5.74) is 4.90. The molecule has 5 aromatic carbocycles. The summed E-state index contributed by atoms with van der Waals surface area (Å²) in [5.74, 6) is 1.06. The summed E-state index contributed by atoms with van der Waals surface area (Å²) in [5, 5.41) is 0. The number of carbonyl (C=O) groups excluding carboxylic acids is 1. The van der Waals surface area contributed by atoms with E-state index in [9.17, 15) is 13.2 Å². The highest BCUT2D eigenvalue weighted by Crippen LogP contribution is 2.43. The number of fused-ring (bicyclic) bond motifs is 1. The normalized spacial score (nSPS) is 14.5. The second kappa shape index (κ2) is 13.0. The number of nitrogens with one attached hydrogen (secondary N) is 1. The number of hydrogen-bond donors (Lipinski definition) is 1. The van der Waals surface area contributed by atoms with Crippen LogP contribution >= 0.6 is 0 Å². The largest absolute Gasteiger partial charge is 0.497 e. The molecule has 6 rings (SSSR count). The van der Waals surface area contributed by atoms with Crippen molar-refractivity contribution in [2.75, 3.05) is 28.2 Å². The molecule has 5 aromatic rings. The van der Waals surface area contributed by atoms with E-state index >= 15 is 0 Å². The van der Waals surface area contributed by atoms with Crippen molar-refractivity contribution in [1.29, 1.82) is 0 Å². The molecule has 1 aliphatic heterocycles. The number of anilines is 3. The van der Waals surface area contributed by atoms with E-state index in [0.29, 0.717) is 41.7 Å². The first-order valence-electron chi connectivity index (χ1n) is 15.0. The van der Waals surface area contributed by atoms with E-state index in [1.165, 1.54) is 6.07 Å². The molecular weight excluding hydrogens is 598 g/mol.